The van der Waals surface area contributed by atoms with Crippen molar-refractivity contribution in [1.82, 2.24) is 15.1 Å². The van der Waals surface area contributed by atoms with E-state index in [0.29, 0.717) is 18.4 Å². The summed E-state index contributed by atoms with van der Waals surface area (Å²) >= 11 is 1.57. The molecule has 4 rings (SSSR count). The van der Waals surface area contributed by atoms with Gasteiger partial charge in [-0.05, 0) is 25.7 Å². The Hall–Kier alpha value is -1.21. The minimum atomic E-state index is -0.216. The van der Waals surface area contributed by atoms with Gasteiger partial charge in [0.1, 0.15) is 11.1 Å². The van der Waals surface area contributed by atoms with E-state index in [2.05, 4.69) is 15.1 Å². The quantitative estimate of drug-likeness (QED) is 0.820. The summed E-state index contributed by atoms with van der Waals surface area (Å²) in [4.78, 5) is 16.6. The minimum Gasteiger partial charge on any atom is -0.369 e. The highest BCUT2D eigenvalue weighted by Gasteiger charge is 2.44. The van der Waals surface area contributed by atoms with Gasteiger partial charge < -0.3 is 14.5 Å². The van der Waals surface area contributed by atoms with Crippen molar-refractivity contribution in [3.05, 3.63) is 5.51 Å². The van der Waals surface area contributed by atoms with Gasteiger partial charge in [-0.2, -0.15) is 0 Å². The summed E-state index contributed by atoms with van der Waals surface area (Å²) in [5.41, 5.74) is 1.55. The van der Waals surface area contributed by atoms with E-state index < -0.39 is 0 Å². The van der Waals surface area contributed by atoms with Gasteiger partial charge in [-0.15, -0.1) is 10.2 Å². The van der Waals surface area contributed by atoms with Crippen LogP contribution in [0, 0.1) is 5.92 Å². The highest BCUT2D eigenvalue weighted by atomic mass is 32.1. The number of amides is 1. The summed E-state index contributed by atoms with van der Waals surface area (Å²) < 4.78 is 6.14. The van der Waals surface area contributed by atoms with Crippen LogP contribution in [0.3, 0.4) is 0 Å². The second kappa shape index (κ2) is 5.21. The number of ether oxygens (including phenoxy) is 1. The predicted molar refractivity (Wildman–Crippen MR) is 79.3 cm³/mol. The topological polar surface area (TPSA) is 58.6 Å². The summed E-state index contributed by atoms with van der Waals surface area (Å²) in [7, 11) is 0. The third-order valence-corrected chi connectivity index (χ3v) is 5.40. The first-order valence-electron chi connectivity index (χ1n) is 7.70. The fourth-order valence-electron chi connectivity index (χ4n) is 3.43. The Morgan fingerprint density at radius 2 is 2.29 bits per heavy atom. The molecule has 1 aromatic heterocycles. The van der Waals surface area contributed by atoms with Crippen molar-refractivity contribution in [2.24, 2.45) is 5.92 Å². The summed E-state index contributed by atoms with van der Waals surface area (Å²) in [5.74, 6) is 0.633. The molecule has 1 unspecified atom stereocenters. The fourth-order valence-corrected chi connectivity index (χ4v) is 4.02. The Labute approximate surface area is 128 Å². The summed E-state index contributed by atoms with van der Waals surface area (Å²) in [5, 5.41) is 9.06. The molecule has 114 valence electrons. The maximum absolute atomic E-state index is 12.3. The van der Waals surface area contributed by atoms with Crippen LogP contribution in [-0.2, 0) is 9.53 Å². The lowest BCUT2D eigenvalue weighted by molar-refractivity contribution is -0.153. The number of anilines is 1. The molecule has 1 aromatic rings. The standard InChI is InChI=1S/C14H20N4O2S/c19-12(11-2-3-11)17-6-7-20-14(8-17)4-1-5-18(9-14)13-16-15-10-21-13/h10-11H,1-9H2. The molecule has 0 aromatic carbocycles. The van der Waals surface area contributed by atoms with Crippen molar-refractivity contribution in [3.8, 4) is 0 Å². The molecule has 0 bridgehead atoms. The SMILES string of the molecule is O=C(C1CC1)N1CCOC2(CCCN(c3nncs3)C2)C1. The van der Waals surface area contributed by atoms with E-state index in [1.54, 1.807) is 16.8 Å². The first kappa shape index (κ1) is 13.5. The molecule has 0 N–H and O–H groups in total. The predicted octanol–water partition coefficient (Wildman–Crippen LogP) is 1.15. The molecule has 3 heterocycles. The number of morpholine rings is 1. The van der Waals surface area contributed by atoms with Crippen molar-refractivity contribution >= 4 is 22.4 Å². The Balaban J connectivity index is 1.48. The number of aromatic nitrogens is 2. The molecular weight excluding hydrogens is 288 g/mol. The van der Waals surface area contributed by atoms with E-state index >= 15 is 0 Å². The molecule has 2 aliphatic heterocycles. The van der Waals surface area contributed by atoms with Gasteiger partial charge in [-0.25, -0.2) is 0 Å². The third kappa shape index (κ3) is 2.64. The number of hydrogen-bond acceptors (Lipinski definition) is 6. The van der Waals surface area contributed by atoms with Crippen molar-refractivity contribution < 1.29 is 9.53 Å². The smallest absolute Gasteiger partial charge is 0.225 e. The van der Waals surface area contributed by atoms with Crippen molar-refractivity contribution in [3.63, 3.8) is 0 Å². The van der Waals surface area contributed by atoms with Gasteiger partial charge in [0, 0.05) is 19.0 Å². The van der Waals surface area contributed by atoms with Crippen molar-refractivity contribution in [1.29, 1.82) is 0 Å². The van der Waals surface area contributed by atoms with Crippen molar-refractivity contribution in [2.75, 3.05) is 37.7 Å². The van der Waals surface area contributed by atoms with Crippen LogP contribution in [0.2, 0.25) is 0 Å². The second-order valence-electron chi connectivity index (χ2n) is 6.31. The van der Waals surface area contributed by atoms with E-state index in [0.717, 1.165) is 57.0 Å². The van der Waals surface area contributed by atoms with Crippen molar-refractivity contribution in [2.45, 2.75) is 31.3 Å². The molecule has 7 heteroatoms. The Morgan fingerprint density at radius 3 is 3.05 bits per heavy atom. The third-order valence-electron chi connectivity index (χ3n) is 4.65. The first-order chi connectivity index (χ1) is 10.3. The molecule has 3 fully saturated rings. The zero-order valence-corrected chi connectivity index (χ0v) is 12.8. The average Bonchev–Trinajstić information content (AvgIpc) is 3.21. The van der Waals surface area contributed by atoms with Crippen LogP contribution < -0.4 is 4.90 Å². The van der Waals surface area contributed by atoms with Gasteiger partial charge in [-0.3, -0.25) is 4.79 Å². The van der Waals surface area contributed by atoms with Crippen LogP contribution in [0.25, 0.3) is 0 Å². The van der Waals surface area contributed by atoms with E-state index in [4.69, 9.17) is 4.74 Å². The molecule has 21 heavy (non-hydrogen) atoms. The van der Waals surface area contributed by atoms with Crippen LogP contribution in [-0.4, -0.2) is 59.4 Å². The Kier molecular flexibility index (Phi) is 3.34. The number of rotatable bonds is 2. The highest BCUT2D eigenvalue weighted by molar-refractivity contribution is 7.13. The van der Waals surface area contributed by atoms with Gasteiger partial charge in [0.25, 0.3) is 0 Å². The van der Waals surface area contributed by atoms with E-state index in [1.807, 2.05) is 4.90 Å². The van der Waals surface area contributed by atoms with Crippen LogP contribution in [0.15, 0.2) is 5.51 Å². The Morgan fingerprint density at radius 1 is 1.38 bits per heavy atom. The number of carbonyl (C=O) groups excluding carboxylic acids is 1. The second-order valence-corrected chi connectivity index (χ2v) is 7.12. The largest absolute Gasteiger partial charge is 0.369 e. The van der Waals surface area contributed by atoms with Crippen LogP contribution in [0.1, 0.15) is 25.7 Å². The normalized spacial score (nSPS) is 29.9. The molecule has 1 atom stereocenters. The fraction of sp³-hybridized carbons (Fsp3) is 0.786. The minimum absolute atomic E-state index is 0.216. The maximum Gasteiger partial charge on any atom is 0.225 e. The van der Waals surface area contributed by atoms with E-state index in [9.17, 15) is 4.79 Å². The van der Waals surface area contributed by atoms with E-state index in [-0.39, 0.29) is 5.60 Å². The maximum atomic E-state index is 12.3. The highest BCUT2D eigenvalue weighted by Crippen LogP contribution is 2.35. The zero-order chi connectivity index (χ0) is 14.3. The summed E-state index contributed by atoms with van der Waals surface area (Å²) in [6.45, 7) is 3.95. The molecule has 6 nitrogen and oxygen atoms in total. The monoisotopic (exact) mass is 308 g/mol. The van der Waals surface area contributed by atoms with Crippen LogP contribution >= 0.6 is 11.3 Å². The van der Waals surface area contributed by atoms with Gasteiger partial charge >= 0.3 is 0 Å². The molecule has 1 spiro atoms. The summed E-state index contributed by atoms with van der Waals surface area (Å²) in [6, 6.07) is 0. The molecular formula is C14H20N4O2S. The van der Waals surface area contributed by atoms with E-state index in [1.165, 1.54) is 0 Å². The zero-order valence-electron chi connectivity index (χ0n) is 12.0. The lowest BCUT2D eigenvalue weighted by Crippen LogP contribution is -2.61. The lowest BCUT2D eigenvalue weighted by Gasteiger charge is -2.48. The van der Waals surface area contributed by atoms with Gasteiger partial charge in [0.15, 0.2) is 0 Å². The average molecular weight is 308 g/mol. The number of piperidine rings is 1. The van der Waals surface area contributed by atoms with Crippen LogP contribution in [0.4, 0.5) is 5.13 Å². The lowest BCUT2D eigenvalue weighted by atomic mass is 9.91. The number of carbonyl (C=O) groups is 1. The first-order valence-corrected chi connectivity index (χ1v) is 8.58. The molecule has 2 saturated heterocycles. The molecule has 1 amide bonds. The molecule has 1 saturated carbocycles. The van der Waals surface area contributed by atoms with Gasteiger partial charge in [0.2, 0.25) is 11.0 Å². The molecule has 3 aliphatic rings. The Bertz CT molecular complexity index is 515. The van der Waals surface area contributed by atoms with Crippen LogP contribution in [0.5, 0.6) is 0 Å². The molecule has 0 radical (unpaired) electrons. The number of nitrogens with zero attached hydrogens (tertiary/aromatic N) is 4. The number of hydrogen-bond donors (Lipinski definition) is 0. The summed E-state index contributed by atoms with van der Waals surface area (Å²) in [6.07, 6.45) is 4.24. The van der Waals surface area contributed by atoms with Gasteiger partial charge in [-0.1, -0.05) is 11.3 Å². The van der Waals surface area contributed by atoms with Gasteiger partial charge in [0.05, 0.1) is 19.7 Å². The molecule has 1 aliphatic carbocycles.